The summed E-state index contributed by atoms with van der Waals surface area (Å²) in [5.74, 6) is 0.717. The van der Waals surface area contributed by atoms with E-state index in [2.05, 4.69) is 41.5 Å². The molecule has 0 aliphatic rings. The van der Waals surface area contributed by atoms with Gasteiger partial charge in [-0.1, -0.05) is 39.8 Å². The number of rotatable bonds is 4. The van der Waals surface area contributed by atoms with E-state index in [0.717, 1.165) is 12.0 Å². The van der Waals surface area contributed by atoms with Crippen LogP contribution < -0.4 is 0 Å². The Morgan fingerprint density at radius 2 is 1.78 bits per heavy atom. The van der Waals surface area contributed by atoms with E-state index in [1.165, 1.54) is 11.1 Å². The first-order valence-electron chi connectivity index (χ1n) is 6.79. The Morgan fingerprint density at radius 1 is 1.17 bits per heavy atom. The van der Waals surface area contributed by atoms with Crippen molar-refractivity contribution in [2.24, 2.45) is 11.3 Å². The van der Waals surface area contributed by atoms with Crippen LogP contribution >= 0.6 is 0 Å². The number of carbonyl (C=O) groups excluding carboxylic acids is 1. The lowest BCUT2D eigenvalue weighted by molar-refractivity contribution is 0.0954. The largest absolute Gasteiger partial charge is 0.294 e. The fraction of sp³-hybridized carbons (Fsp3) is 0.588. The Labute approximate surface area is 112 Å². The number of hydrogen-bond acceptors (Lipinski definition) is 1. The highest BCUT2D eigenvalue weighted by Gasteiger charge is 2.18. The Balaban J connectivity index is 2.68. The lowest BCUT2D eigenvalue weighted by atomic mass is 9.83. The molecular formula is C17H26O. The summed E-state index contributed by atoms with van der Waals surface area (Å²) in [6.45, 7) is 13.0. The molecule has 100 valence electrons. The smallest absolute Gasteiger partial charge is 0.163 e. The third-order valence-electron chi connectivity index (χ3n) is 3.32. The predicted octanol–water partition coefficient (Wildman–Crippen LogP) is 4.95. The average molecular weight is 246 g/mol. The molecular weight excluding hydrogens is 220 g/mol. The summed E-state index contributed by atoms with van der Waals surface area (Å²) in [4.78, 5) is 12.2. The first kappa shape index (κ1) is 14.9. The van der Waals surface area contributed by atoms with Crippen LogP contribution in [0.1, 0.15) is 62.0 Å². The molecule has 0 N–H and O–H groups in total. The van der Waals surface area contributed by atoms with Crippen molar-refractivity contribution in [2.45, 2.75) is 54.4 Å². The van der Waals surface area contributed by atoms with Crippen molar-refractivity contribution in [3.05, 3.63) is 34.9 Å². The van der Waals surface area contributed by atoms with E-state index in [0.29, 0.717) is 17.8 Å². The number of aryl methyl sites for hydroxylation is 2. The van der Waals surface area contributed by atoms with E-state index >= 15 is 0 Å². The number of ketones is 1. The van der Waals surface area contributed by atoms with Gasteiger partial charge >= 0.3 is 0 Å². The molecule has 0 radical (unpaired) electrons. The van der Waals surface area contributed by atoms with Gasteiger partial charge in [0.1, 0.15) is 0 Å². The van der Waals surface area contributed by atoms with Crippen molar-refractivity contribution in [2.75, 3.05) is 0 Å². The van der Waals surface area contributed by atoms with E-state index in [4.69, 9.17) is 0 Å². The third kappa shape index (κ3) is 4.64. The minimum Gasteiger partial charge on any atom is -0.294 e. The van der Waals surface area contributed by atoms with Gasteiger partial charge in [0.25, 0.3) is 0 Å². The van der Waals surface area contributed by atoms with Gasteiger partial charge in [-0.3, -0.25) is 4.79 Å². The third-order valence-corrected chi connectivity index (χ3v) is 3.32. The van der Waals surface area contributed by atoms with E-state index in [1.54, 1.807) is 0 Å². The zero-order valence-corrected chi connectivity index (χ0v) is 12.6. The normalized spacial score (nSPS) is 13.4. The first-order chi connectivity index (χ1) is 8.19. The summed E-state index contributed by atoms with van der Waals surface area (Å²) >= 11 is 0. The Morgan fingerprint density at radius 3 is 2.28 bits per heavy atom. The van der Waals surface area contributed by atoms with Crippen LogP contribution in [-0.2, 0) is 0 Å². The summed E-state index contributed by atoms with van der Waals surface area (Å²) in [5, 5.41) is 0. The Kier molecular flexibility index (Phi) is 4.72. The predicted molar refractivity (Wildman–Crippen MR) is 78.1 cm³/mol. The quantitative estimate of drug-likeness (QED) is 0.687. The molecule has 1 aromatic carbocycles. The second kappa shape index (κ2) is 5.69. The van der Waals surface area contributed by atoms with Crippen LogP contribution in [0.15, 0.2) is 18.2 Å². The van der Waals surface area contributed by atoms with Crippen LogP contribution in [0, 0.1) is 25.2 Å². The maximum absolute atomic E-state index is 12.2. The lowest BCUT2D eigenvalue weighted by Crippen LogP contribution is -2.14. The summed E-state index contributed by atoms with van der Waals surface area (Å²) in [5.41, 5.74) is 3.60. The molecule has 0 aromatic heterocycles. The van der Waals surface area contributed by atoms with Crippen molar-refractivity contribution < 1.29 is 4.79 Å². The minimum atomic E-state index is 0.273. The second-order valence-electron chi connectivity index (χ2n) is 6.80. The van der Waals surface area contributed by atoms with Gasteiger partial charge in [0.05, 0.1) is 0 Å². The topological polar surface area (TPSA) is 17.1 Å². The Hall–Kier alpha value is -1.11. The molecule has 1 nitrogen and oxygen atoms in total. The zero-order chi connectivity index (χ0) is 13.9. The van der Waals surface area contributed by atoms with Gasteiger partial charge in [-0.15, -0.1) is 0 Å². The van der Waals surface area contributed by atoms with Crippen LogP contribution in [0.4, 0.5) is 0 Å². The second-order valence-corrected chi connectivity index (χ2v) is 6.80. The molecule has 0 fully saturated rings. The zero-order valence-electron chi connectivity index (χ0n) is 12.6. The van der Waals surface area contributed by atoms with Crippen LogP contribution in [0.3, 0.4) is 0 Å². The highest BCUT2D eigenvalue weighted by atomic mass is 16.1. The lowest BCUT2D eigenvalue weighted by Gasteiger charge is -2.22. The van der Waals surface area contributed by atoms with Crippen molar-refractivity contribution in [1.82, 2.24) is 0 Å². The summed E-state index contributed by atoms with van der Waals surface area (Å²) in [6, 6.07) is 6.01. The minimum absolute atomic E-state index is 0.273. The molecule has 0 saturated carbocycles. The fourth-order valence-electron chi connectivity index (χ4n) is 2.47. The SMILES string of the molecule is Cc1ccc(C(=O)CC(C)CC(C)(C)C)cc1C. The standard InChI is InChI=1S/C17H26O/c1-12(11-17(4,5)6)9-16(18)15-8-7-13(2)14(3)10-15/h7-8,10,12H,9,11H2,1-6H3. The van der Waals surface area contributed by atoms with Gasteiger partial charge in [0, 0.05) is 12.0 Å². The van der Waals surface area contributed by atoms with Gasteiger partial charge in [-0.25, -0.2) is 0 Å². The van der Waals surface area contributed by atoms with Crippen molar-refractivity contribution in [1.29, 1.82) is 0 Å². The van der Waals surface area contributed by atoms with Gasteiger partial charge < -0.3 is 0 Å². The molecule has 18 heavy (non-hydrogen) atoms. The van der Waals surface area contributed by atoms with E-state index in [-0.39, 0.29) is 5.78 Å². The van der Waals surface area contributed by atoms with Gasteiger partial charge in [0.2, 0.25) is 0 Å². The maximum Gasteiger partial charge on any atom is 0.163 e. The maximum atomic E-state index is 12.2. The Bertz CT molecular complexity index is 424. The van der Waals surface area contributed by atoms with Crippen LogP contribution in [0.5, 0.6) is 0 Å². The monoisotopic (exact) mass is 246 g/mol. The number of benzene rings is 1. The molecule has 1 aromatic rings. The molecule has 0 amide bonds. The number of carbonyl (C=O) groups is 1. The van der Waals surface area contributed by atoms with Crippen molar-refractivity contribution in [3.63, 3.8) is 0 Å². The highest BCUT2D eigenvalue weighted by molar-refractivity contribution is 5.96. The van der Waals surface area contributed by atoms with Gasteiger partial charge in [-0.05, 0) is 48.8 Å². The molecule has 1 atom stereocenters. The summed E-state index contributed by atoms with van der Waals surface area (Å²) in [7, 11) is 0. The molecule has 0 bridgehead atoms. The first-order valence-corrected chi connectivity index (χ1v) is 6.79. The van der Waals surface area contributed by atoms with Crippen LogP contribution in [0.25, 0.3) is 0 Å². The molecule has 0 aliphatic heterocycles. The van der Waals surface area contributed by atoms with Crippen molar-refractivity contribution >= 4 is 5.78 Å². The average Bonchev–Trinajstić information content (AvgIpc) is 2.18. The van der Waals surface area contributed by atoms with Crippen molar-refractivity contribution in [3.8, 4) is 0 Å². The van der Waals surface area contributed by atoms with Gasteiger partial charge in [-0.2, -0.15) is 0 Å². The van der Waals surface area contributed by atoms with Crippen LogP contribution in [-0.4, -0.2) is 5.78 Å². The number of hydrogen-bond donors (Lipinski definition) is 0. The molecule has 0 heterocycles. The molecule has 1 heteroatoms. The van der Waals surface area contributed by atoms with Crippen LogP contribution in [0.2, 0.25) is 0 Å². The molecule has 0 aliphatic carbocycles. The van der Waals surface area contributed by atoms with E-state index in [1.807, 2.05) is 18.2 Å². The highest BCUT2D eigenvalue weighted by Crippen LogP contribution is 2.27. The summed E-state index contributed by atoms with van der Waals surface area (Å²) < 4.78 is 0. The molecule has 1 rings (SSSR count). The molecule has 0 spiro atoms. The van der Waals surface area contributed by atoms with Gasteiger partial charge in [0.15, 0.2) is 5.78 Å². The fourth-order valence-corrected chi connectivity index (χ4v) is 2.47. The number of Topliss-reactive ketones (excluding diaryl/α,β-unsaturated/α-hetero) is 1. The molecule has 0 saturated heterocycles. The van der Waals surface area contributed by atoms with E-state index < -0.39 is 0 Å². The summed E-state index contributed by atoms with van der Waals surface area (Å²) in [6.07, 6.45) is 1.74. The van der Waals surface area contributed by atoms with E-state index in [9.17, 15) is 4.79 Å². The molecule has 1 unspecified atom stereocenters.